The standard InChI is InChI=1S/C25H38N2O3S/c1-23(2,3)18-9-11-20(12-10-18)31(29,30)27-13-7-8-21(27)22(28)26-17-25(6)15-19(26)14-24(4,5)16-25/h9-12,19,21H,7-8,13-17H2,1-6H3. The summed E-state index contributed by atoms with van der Waals surface area (Å²) >= 11 is 0. The van der Waals surface area contributed by atoms with E-state index >= 15 is 0 Å². The number of fused-ring (bicyclic) bond motifs is 2. The number of amides is 1. The fraction of sp³-hybridized carbons (Fsp3) is 0.720. The van der Waals surface area contributed by atoms with Gasteiger partial charge in [0, 0.05) is 19.1 Å². The van der Waals surface area contributed by atoms with Crippen molar-refractivity contribution in [2.75, 3.05) is 13.1 Å². The van der Waals surface area contributed by atoms with Gasteiger partial charge in [-0.05, 0) is 66.0 Å². The second-order valence-electron chi connectivity index (χ2n) is 12.2. The molecule has 3 atom stereocenters. The molecule has 3 aliphatic rings. The summed E-state index contributed by atoms with van der Waals surface area (Å²) in [6.07, 6.45) is 4.50. The molecule has 3 fully saturated rings. The van der Waals surface area contributed by atoms with E-state index in [1.165, 1.54) is 4.31 Å². The third kappa shape index (κ3) is 4.18. The molecule has 5 nitrogen and oxygen atoms in total. The average molecular weight is 447 g/mol. The van der Waals surface area contributed by atoms with E-state index in [1.54, 1.807) is 12.1 Å². The first-order chi connectivity index (χ1) is 14.2. The highest BCUT2D eigenvalue weighted by molar-refractivity contribution is 7.89. The van der Waals surface area contributed by atoms with Gasteiger partial charge in [0.05, 0.1) is 4.90 Å². The van der Waals surface area contributed by atoms with Crippen molar-refractivity contribution in [3.63, 3.8) is 0 Å². The molecule has 2 saturated heterocycles. The molecule has 2 aliphatic heterocycles. The average Bonchev–Trinajstić information content (AvgIpc) is 3.22. The molecule has 6 heteroatoms. The third-order valence-corrected chi connectivity index (χ3v) is 9.44. The maximum Gasteiger partial charge on any atom is 0.243 e. The molecular weight excluding hydrogens is 408 g/mol. The van der Waals surface area contributed by atoms with Gasteiger partial charge in [-0.2, -0.15) is 4.31 Å². The minimum absolute atomic E-state index is 0.0128. The van der Waals surface area contributed by atoms with Crippen molar-refractivity contribution in [2.45, 2.75) is 96.0 Å². The first-order valence-electron chi connectivity index (χ1n) is 11.6. The fourth-order valence-corrected chi connectivity index (χ4v) is 8.10. The van der Waals surface area contributed by atoms with Crippen LogP contribution in [-0.4, -0.2) is 48.7 Å². The fourth-order valence-electron chi connectivity index (χ4n) is 6.45. The predicted octanol–water partition coefficient (Wildman–Crippen LogP) is 4.56. The zero-order chi connectivity index (χ0) is 22.8. The molecule has 3 unspecified atom stereocenters. The molecule has 2 heterocycles. The van der Waals surface area contributed by atoms with Crippen LogP contribution in [0.5, 0.6) is 0 Å². The van der Waals surface area contributed by atoms with Gasteiger partial charge in [0.1, 0.15) is 6.04 Å². The molecule has 1 saturated carbocycles. The Kier molecular flexibility index (Phi) is 5.37. The van der Waals surface area contributed by atoms with Crippen LogP contribution >= 0.6 is 0 Å². The van der Waals surface area contributed by atoms with Gasteiger partial charge in [0.25, 0.3) is 0 Å². The highest BCUT2D eigenvalue weighted by Crippen LogP contribution is 2.52. The topological polar surface area (TPSA) is 57.7 Å². The van der Waals surface area contributed by atoms with Gasteiger partial charge in [-0.15, -0.1) is 0 Å². The number of carbonyl (C=O) groups is 1. The highest BCUT2D eigenvalue weighted by Gasteiger charge is 2.53. The molecule has 0 spiro atoms. The van der Waals surface area contributed by atoms with Crippen LogP contribution in [0.3, 0.4) is 0 Å². The highest BCUT2D eigenvalue weighted by atomic mass is 32.2. The predicted molar refractivity (Wildman–Crippen MR) is 123 cm³/mol. The number of rotatable bonds is 3. The molecule has 0 N–H and O–H groups in total. The van der Waals surface area contributed by atoms with Crippen molar-refractivity contribution in [1.82, 2.24) is 9.21 Å². The first kappa shape index (κ1) is 22.8. The van der Waals surface area contributed by atoms with Gasteiger partial charge in [-0.25, -0.2) is 8.42 Å². The molecule has 0 radical (unpaired) electrons. The molecule has 1 amide bonds. The van der Waals surface area contributed by atoms with E-state index in [9.17, 15) is 13.2 Å². The van der Waals surface area contributed by atoms with E-state index in [-0.39, 0.29) is 33.1 Å². The summed E-state index contributed by atoms with van der Waals surface area (Å²) < 4.78 is 28.4. The molecule has 1 aromatic rings. The van der Waals surface area contributed by atoms with Crippen molar-refractivity contribution < 1.29 is 13.2 Å². The zero-order valence-corrected chi connectivity index (χ0v) is 20.8. The van der Waals surface area contributed by atoms with Crippen LogP contribution in [0, 0.1) is 10.8 Å². The Morgan fingerprint density at radius 3 is 2.32 bits per heavy atom. The van der Waals surface area contributed by atoms with Crippen molar-refractivity contribution >= 4 is 15.9 Å². The van der Waals surface area contributed by atoms with E-state index in [4.69, 9.17) is 0 Å². The maximum absolute atomic E-state index is 13.6. The Morgan fingerprint density at radius 1 is 1.06 bits per heavy atom. The second kappa shape index (κ2) is 7.31. The second-order valence-corrected chi connectivity index (χ2v) is 14.1. The number of hydrogen-bond donors (Lipinski definition) is 0. The zero-order valence-electron chi connectivity index (χ0n) is 19.9. The van der Waals surface area contributed by atoms with Crippen LogP contribution in [0.4, 0.5) is 0 Å². The van der Waals surface area contributed by atoms with Gasteiger partial charge in [0.15, 0.2) is 0 Å². The Hall–Kier alpha value is -1.40. The van der Waals surface area contributed by atoms with Crippen molar-refractivity contribution in [3.05, 3.63) is 29.8 Å². The molecule has 1 aromatic carbocycles. The summed E-state index contributed by atoms with van der Waals surface area (Å²) in [5.41, 5.74) is 1.43. The van der Waals surface area contributed by atoms with Crippen LogP contribution in [0.15, 0.2) is 29.2 Å². The van der Waals surface area contributed by atoms with Crippen LogP contribution < -0.4 is 0 Å². The van der Waals surface area contributed by atoms with E-state index in [0.717, 1.165) is 37.8 Å². The summed E-state index contributed by atoms with van der Waals surface area (Å²) in [4.78, 5) is 15.9. The van der Waals surface area contributed by atoms with Gasteiger partial charge in [-0.3, -0.25) is 4.79 Å². The van der Waals surface area contributed by atoms with Crippen LogP contribution in [-0.2, 0) is 20.2 Å². The minimum atomic E-state index is -3.70. The maximum atomic E-state index is 13.6. The monoisotopic (exact) mass is 446 g/mol. The third-order valence-electron chi connectivity index (χ3n) is 7.51. The van der Waals surface area contributed by atoms with Gasteiger partial charge in [-0.1, -0.05) is 53.7 Å². The van der Waals surface area contributed by atoms with E-state index in [0.29, 0.717) is 13.0 Å². The molecule has 0 aromatic heterocycles. The largest absolute Gasteiger partial charge is 0.338 e. The lowest BCUT2D eigenvalue weighted by atomic mass is 9.65. The Morgan fingerprint density at radius 2 is 1.71 bits per heavy atom. The molecule has 1 aliphatic carbocycles. The molecule has 4 rings (SSSR count). The van der Waals surface area contributed by atoms with Crippen molar-refractivity contribution in [3.8, 4) is 0 Å². The van der Waals surface area contributed by atoms with Gasteiger partial charge in [0.2, 0.25) is 15.9 Å². The van der Waals surface area contributed by atoms with E-state index in [1.807, 2.05) is 17.0 Å². The van der Waals surface area contributed by atoms with Crippen LogP contribution in [0.1, 0.15) is 79.2 Å². The SMILES string of the molecule is CC1(C)CC2CC(C)(CN2C(=O)C2CCCN2S(=O)(=O)c2ccc(C(C)(C)C)cc2)C1. The van der Waals surface area contributed by atoms with Crippen molar-refractivity contribution in [1.29, 1.82) is 0 Å². The summed E-state index contributed by atoms with van der Waals surface area (Å²) in [5.74, 6) is 0.0128. The minimum Gasteiger partial charge on any atom is -0.338 e. The summed E-state index contributed by atoms with van der Waals surface area (Å²) in [7, 11) is -3.70. The van der Waals surface area contributed by atoms with E-state index < -0.39 is 16.1 Å². The Labute approximate surface area is 188 Å². The molecule has 2 bridgehead atoms. The first-order valence-corrected chi connectivity index (χ1v) is 13.1. The number of benzene rings is 1. The number of sulfonamides is 1. The summed E-state index contributed by atoms with van der Waals surface area (Å²) in [6, 6.07) is 6.85. The number of likely N-dealkylation sites (tertiary alicyclic amines) is 1. The Bertz CT molecular complexity index is 961. The van der Waals surface area contributed by atoms with Crippen LogP contribution in [0.25, 0.3) is 0 Å². The molecule has 31 heavy (non-hydrogen) atoms. The lowest BCUT2D eigenvalue weighted by molar-refractivity contribution is -0.135. The number of hydrogen-bond acceptors (Lipinski definition) is 3. The lowest BCUT2D eigenvalue weighted by Gasteiger charge is -2.39. The van der Waals surface area contributed by atoms with Gasteiger partial charge < -0.3 is 4.90 Å². The quantitative estimate of drug-likeness (QED) is 0.684. The summed E-state index contributed by atoms with van der Waals surface area (Å²) in [5, 5.41) is 0. The Balaban J connectivity index is 1.57. The smallest absolute Gasteiger partial charge is 0.243 e. The number of nitrogens with zero attached hydrogens (tertiary/aromatic N) is 2. The lowest BCUT2D eigenvalue weighted by Crippen LogP contribution is -2.49. The van der Waals surface area contributed by atoms with Crippen LogP contribution in [0.2, 0.25) is 0 Å². The van der Waals surface area contributed by atoms with Crippen molar-refractivity contribution in [2.24, 2.45) is 10.8 Å². The molecular formula is C25H38N2O3S. The normalized spacial score (nSPS) is 31.2. The summed E-state index contributed by atoms with van der Waals surface area (Å²) in [6.45, 7) is 14.4. The van der Waals surface area contributed by atoms with E-state index in [2.05, 4.69) is 41.5 Å². The van der Waals surface area contributed by atoms with Gasteiger partial charge >= 0.3 is 0 Å². The number of carbonyl (C=O) groups excluding carboxylic acids is 1. The molecule has 172 valence electrons.